The third kappa shape index (κ3) is 0.947. The highest BCUT2D eigenvalue weighted by Crippen LogP contribution is 2.29. The predicted molar refractivity (Wildman–Crippen MR) is 40.8 cm³/mol. The van der Waals surface area contributed by atoms with Gasteiger partial charge in [-0.3, -0.25) is 4.79 Å². The molecule has 1 aromatic heterocycles. The molecular formula is C7H8N2O3. The van der Waals surface area contributed by atoms with Gasteiger partial charge in [-0.2, -0.15) is 0 Å². The van der Waals surface area contributed by atoms with Crippen LogP contribution in [0.3, 0.4) is 0 Å². The van der Waals surface area contributed by atoms with E-state index in [0.717, 1.165) is 0 Å². The lowest BCUT2D eigenvalue weighted by Crippen LogP contribution is -2.41. The number of rotatable bonds is 1. The number of nitrogens with two attached hydrogens (primary N) is 1. The Kier molecular flexibility index (Phi) is 1.51. The lowest BCUT2D eigenvalue weighted by atomic mass is 10.3. The first-order valence-corrected chi connectivity index (χ1v) is 3.56. The van der Waals surface area contributed by atoms with E-state index in [1.165, 1.54) is 6.26 Å². The van der Waals surface area contributed by atoms with Crippen molar-refractivity contribution in [2.24, 2.45) is 5.73 Å². The van der Waals surface area contributed by atoms with Crippen LogP contribution in [0.4, 0.5) is 5.69 Å². The molecule has 64 valence electrons. The summed E-state index contributed by atoms with van der Waals surface area (Å²) < 4.78 is 10.1. The highest BCUT2D eigenvalue weighted by atomic mass is 16.6. The van der Waals surface area contributed by atoms with E-state index in [2.05, 4.69) is 5.32 Å². The molecule has 0 spiro atoms. The number of anilines is 1. The van der Waals surface area contributed by atoms with E-state index < -0.39 is 6.10 Å². The maximum absolute atomic E-state index is 11.1. The Morgan fingerprint density at radius 2 is 2.50 bits per heavy atom. The summed E-state index contributed by atoms with van der Waals surface area (Å²) in [5, 5.41) is 2.60. The third-order valence-electron chi connectivity index (χ3n) is 1.64. The van der Waals surface area contributed by atoms with Crippen molar-refractivity contribution >= 4 is 11.6 Å². The maximum Gasteiger partial charge on any atom is 0.309 e. The number of fused-ring (bicyclic) bond motifs is 1. The van der Waals surface area contributed by atoms with Gasteiger partial charge in [-0.15, -0.1) is 0 Å². The molecule has 0 aromatic carbocycles. The van der Waals surface area contributed by atoms with Crippen LogP contribution in [0.5, 0.6) is 5.95 Å². The Morgan fingerprint density at radius 1 is 1.67 bits per heavy atom. The van der Waals surface area contributed by atoms with Crippen LogP contribution in [0.15, 0.2) is 16.7 Å². The second kappa shape index (κ2) is 2.53. The van der Waals surface area contributed by atoms with Gasteiger partial charge in [0, 0.05) is 12.6 Å². The standard InChI is InChI=1S/C7H8N2O3/c8-3-5-6(10)9-4-1-2-11-7(4)12-5/h1-2,5H,3,8H2,(H,9,10). The van der Waals surface area contributed by atoms with Gasteiger partial charge in [0.05, 0.1) is 6.26 Å². The van der Waals surface area contributed by atoms with Gasteiger partial charge in [0.25, 0.3) is 5.91 Å². The van der Waals surface area contributed by atoms with Crippen molar-refractivity contribution in [3.8, 4) is 5.95 Å². The molecule has 0 aliphatic carbocycles. The topological polar surface area (TPSA) is 77.5 Å². The molecule has 5 heteroatoms. The normalized spacial score (nSPS) is 21.1. The average Bonchev–Trinajstić information content (AvgIpc) is 2.49. The Labute approximate surface area is 68.5 Å². The monoisotopic (exact) mass is 168 g/mol. The fourth-order valence-electron chi connectivity index (χ4n) is 1.03. The van der Waals surface area contributed by atoms with Gasteiger partial charge in [0.15, 0.2) is 6.10 Å². The second-order valence-electron chi connectivity index (χ2n) is 2.45. The number of furan rings is 1. The van der Waals surface area contributed by atoms with Crippen molar-refractivity contribution in [2.75, 3.05) is 11.9 Å². The average molecular weight is 168 g/mol. The highest BCUT2D eigenvalue weighted by molar-refractivity contribution is 5.97. The minimum Gasteiger partial charge on any atom is -0.449 e. The lowest BCUT2D eigenvalue weighted by molar-refractivity contribution is -0.123. The minimum atomic E-state index is -0.636. The van der Waals surface area contributed by atoms with Crippen molar-refractivity contribution in [2.45, 2.75) is 6.10 Å². The maximum atomic E-state index is 11.1. The van der Waals surface area contributed by atoms with Gasteiger partial charge in [-0.1, -0.05) is 0 Å². The first-order chi connectivity index (χ1) is 5.81. The Balaban J connectivity index is 2.29. The summed E-state index contributed by atoms with van der Waals surface area (Å²) in [6.07, 6.45) is 0.813. The molecule has 0 saturated heterocycles. The van der Waals surface area contributed by atoms with Crippen LogP contribution in [-0.2, 0) is 4.79 Å². The molecular weight excluding hydrogens is 160 g/mol. The Bertz CT molecular complexity index is 307. The Hall–Kier alpha value is -1.49. The molecule has 1 amide bonds. The van der Waals surface area contributed by atoms with Gasteiger partial charge in [0.1, 0.15) is 5.69 Å². The van der Waals surface area contributed by atoms with Crippen molar-refractivity contribution in [1.82, 2.24) is 0 Å². The molecule has 0 saturated carbocycles. The van der Waals surface area contributed by atoms with E-state index in [0.29, 0.717) is 11.6 Å². The zero-order valence-electron chi connectivity index (χ0n) is 6.24. The van der Waals surface area contributed by atoms with Gasteiger partial charge in [-0.25, -0.2) is 0 Å². The summed E-state index contributed by atoms with van der Waals surface area (Å²) in [6.45, 7) is 0.145. The zero-order valence-corrected chi connectivity index (χ0v) is 6.24. The van der Waals surface area contributed by atoms with Gasteiger partial charge >= 0.3 is 5.95 Å². The van der Waals surface area contributed by atoms with Crippen LogP contribution in [0.2, 0.25) is 0 Å². The third-order valence-corrected chi connectivity index (χ3v) is 1.64. The van der Waals surface area contributed by atoms with E-state index >= 15 is 0 Å². The number of hydrogen-bond acceptors (Lipinski definition) is 4. The quantitative estimate of drug-likeness (QED) is 0.615. The fourth-order valence-corrected chi connectivity index (χ4v) is 1.03. The van der Waals surface area contributed by atoms with Crippen LogP contribution in [0.25, 0.3) is 0 Å². The summed E-state index contributed by atoms with van der Waals surface area (Å²) in [5.74, 6) is 0.0939. The number of carbonyl (C=O) groups excluding carboxylic acids is 1. The zero-order chi connectivity index (χ0) is 8.55. The summed E-state index contributed by atoms with van der Waals surface area (Å²) >= 11 is 0. The molecule has 12 heavy (non-hydrogen) atoms. The largest absolute Gasteiger partial charge is 0.449 e. The van der Waals surface area contributed by atoms with Gasteiger partial charge in [-0.05, 0) is 0 Å². The van der Waals surface area contributed by atoms with Crippen molar-refractivity contribution in [3.05, 3.63) is 12.3 Å². The molecule has 0 radical (unpaired) electrons. The van der Waals surface area contributed by atoms with Gasteiger partial charge < -0.3 is 20.2 Å². The predicted octanol–water partition coefficient (Wildman–Crippen LogP) is -0.0622. The fraction of sp³-hybridized carbons (Fsp3) is 0.286. The minimum absolute atomic E-state index is 0.145. The molecule has 0 fully saturated rings. The van der Waals surface area contributed by atoms with Crippen molar-refractivity contribution < 1.29 is 13.9 Å². The van der Waals surface area contributed by atoms with Crippen molar-refractivity contribution in [1.29, 1.82) is 0 Å². The first kappa shape index (κ1) is 7.17. The molecule has 1 aliphatic heterocycles. The van der Waals surface area contributed by atoms with Crippen LogP contribution < -0.4 is 15.8 Å². The number of amides is 1. The second-order valence-corrected chi connectivity index (χ2v) is 2.45. The lowest BCUT2D eigenvalue weighted by Gasteiger charge is -2.20. The van der Waals surface area contributed by atoms with Gasteiger partial charge in [0.2, 0.25) is 0 Å². The Morgan fingerprint density at radius 3 is 3.25 bits per heavy atom. The van der Waals surface area contributed by atoms with E-state index in [1.807, 2.05) is 0 Å². The highest BCUT2D eigenvalue weighted by Gasteiger charge is 2.28. The number of carbonyl (C=O) groups is 1. The molecule has 1 atom stereocenters. The number of hydrogen-bond donors (Lipinski definition) is 2. The molecule has 1 aromatic rings. The summed E-state index contributed by atoms with van der Waals surface area (Å²) in [5.41, 5.74) is 5.85. The molecule has 1 aliphatic rings. The van der Waals surface area contributed by atoms with Crippen LogP contribution >= 0.6 is 0 Å². The van der Waals surface area contributed by atoms with Crippen LogP contribution in [0, 0.1) is 0 Å². The molecule has 1 unspecified atom stereocenters. The summed E-state index contributed by atoms with van der Waals surface area (Å²) in [4.78, 5) is 11.1. The summed E-state index contributed by atoms with van der Waals surface area (Å²) in [7, 11) is 0. The van der Waals surface area contributed by atoms with E-state index in [9.17, 15) is 4.79 Å². The SMILES string of the molecule is NCC1Oc2occc2NC1=O. The van der Waals surface area contributed by atoms with Crippen LogP contribution in [0.1, 0.15) is 0 Å². The van der Waals surface area contributed by atoms with E-state index in [-0.39, 0.29) is 12.5 Å². The molecule has 2 heterocycles. The molecule has 5 nitrogen and oxygen atoms in total. The molecule has 0 bridgehead atoms. The molecule has 2 rings (SSSR count). The van der Waals surface area contributed by atoms with E-state index in [1.54, 1.807) is 6.07 Å². The van der Waals surface area contributed by atoms with Crippen molar-refractivity contribution in [3.63, 3.8) is 0 Å². The summed E-state index contributed by atoms with van der Waals surface area (Å²) in [6, 6.07) is 1.62. The number of nitrogens with one attached hydrogen (secondary N) is 1. The number of ether oxygens (including phenoxy) is 1. The first-order valence-electron chi connectivity index (χ1n) is 3.56. The van der Waals surface area contributed by atoms with Crippen LogP contribution in [-0.4, -0.2) is 18.6 Å². The molecule has 3 N–H and O–H groups in total. The smallest absolute Gasteiger partial charge is 0.309 e. The van der Waals surface area contributed by atoms with E-state index in [4.69, 9.17) is 14.9 Å².